The molecule has 5 heteroatoms. The zero-order valence-electron chi connectivity index (χ0n) is 13.4. The first-order chi connectivity index (χ1) is 10.4. The van der Waals surface area contributed by atoms with E-state index in [1.54, 1.807) is 18.3 Å². The summed E-state index contributed by atoms with van der Waals surface area (Å²) in [6.07, 6.45) is 0. The highest BCUT2D eigenvalue weighted by atomic mass is 32.1. The first-order valence-corrected chi connectivity index (χ1v) is 8.20. The van der Waals surface area contributed by atoms with Crippen molar-refractivity contribution in [1.82, 2.24) is 4.98 Å². The van der Waals surface area contributed by atoms with Crippen molar-refractivity contribution in [3.05, 3.63) is 46.5 Å². The maximum absolute atomic E-state index is 11.3. The molecule has 118 valence electrons. The number of benzene rings is 1. The lowest BCUT2D eigenvalue weighted by atomic mass is 10.1. The van der Waals surface area contributed by atoms with Gasteiger partial charge in [0.15, 0.2) is 5.13 Å². The maximum atomic E-state index is 11.3. The Labute approximate surface area is 135 Å². The lowest BCUT2D eigenvalue weighted by Gasteiger charge is -2.30. The van der Waals surface area contributed by atoms with E-state index in [4.69, 9.17) is 0 Å². The minimum absolute atomic E-state index is 0.0768. The summed E-state index contributed by atoms with van der Waals surface area (Å²) in [5.74, 6) is -1.23. The van der Waals surface area contributed by atoms with Crippen molar-refractivity contribution in [2.24, 2.45) is 5.92 Å². The van der Waals surface area contributed by atoms with E-state index in [0.29, 0.717) is 6.54 Å². The van der Waals surface area contributed by atoms with Crippen LogP contribution < -0.4 is 4.90 Å². The molecule has 2 aromatic rings. The number of carboxylic acids is 1. The molecule has 0 aliphatic rings. The molecule has 2 atom stereocenters. The molecule has 0 bridgehead atoms. The fourth-order valence-electron chi connectivity index (χ4n) is 2.27. The van der Waals surface area contributed by atoms with E-state index in [-0.39, 0.29) is 6.04 Å². The first kappa shape index (κ1) is 16.5. The van der Waals surface area contributed by atoms with E-state index in [9.17, 15) is 9.90 Å². The van der Waals surface area contributed by atoms with Crippen molar-refractivity contribution in [2.75, 3.05) is 11.4 Å². The number of rotatable bonds is 6. The largest absolute Gasteiger partial charge is 0.481 e. The van der Waals surface area contributed by atoms with E-state index in [1.807, 2.05) is 32.0 Å². The van der Waals surface area contributed by atoms with E-state index >= 15 is 0 Å². The number of nitrogens with zero attached hydrogens (tertiary/aromatic N) is 2. The summed E-state index contributed by atoms with van der Waals surface area (Å²) in [5, 5.41) is 10.1. The molecule has 0 saturated carbocycles. The van der Waals surface area contributed by atoms with Gasteiger partial charge in [0.05, 0.1) is 17.7 Å². The molecule has 1 N–H and O–H groups in total. The van der Waals surface area contributed by atoms with Gasteiger partial charge < -0.3 is 10.0 Å². The highest BCUT2D eigenvalue weighted by Gasteiger charge is 2.24. The molecule has 0 amide bonds. The van der Waals surface area contributed by atoms with E-state index in [1.165, 1.54) is 4.88 Å². The monoisotopic (exact) mass is 318 g/mol. The van der Waals surface area contributed by atoms with Gasteiger partial charge in [-0.3, -0.25) is 4.79 Å². The highest BCUT2D eigenvalue weighted by Crippen LogP contribution is 2.32. The number of aromatic nitrogens is 1. The minimum atomic E-state index is -0.782. The standard InChI is InChI=1S/C17H22N2O2S/c1-11(16(20)21)10-19(17-18-12(2)14(4)22-17)13(3)15-8-6-5-7-9-15/h5-9,11,13H,10H2,1-4H3,(H,20,21). The number of hydrogen-bond acceptors (Lipinski definition) is 4. The smallest absolute Gasteiger partial charge is 0.308 e. The zero-order valence-corrected chi connectivity index (χ0v) is 14.2. The number of aliphatic carboxylic acids is 1. The van der Waals surface area contributed by atoms with Gasteiger partial charge in [-0.15, -0.1) is 11.3 Å². The van der Waals surface area contributed by atoms with Gasteiger partial charge in [-0.2, -0.15) is 0 Å². The first-order valence-electron chi connectivity index (χ1n) is 7.38. The topological polar surface area (TPSA) is 53.4 Å². The lowest BCUT2D eigenvalue weighted by Crippen LogP contribution is -2.34. The molecule has 0 fully saturated rings. The molecule has 1 heterocycles. The summed E-state index contributed by atoms with van der Waals surface area (Å²) in [6.45, 7) is 8.30. The van der Waals surface area contributed by atoms with Gasteiger partial charge in [0.1, 0.15) is 0 Å². The third-order valence-electron chi connectivity index (χ3n) is 3.90. The summed E-state index contributed by atoms with van der Waals surface area (Å²) >= 11 is 1.62. The molecular formula is C17H22N2O2S. The molecule has 0 aliphatic carbocycles. The number of aryl methyl sites for hydroxylation is 2. The molecule has 2 unspecified atom stereocenters. The predicted molar refractivity (Wildman–Crippen MR) is 90.6 cm³/mol. The highest BCUT2D eigenvalue weighted by molar-refractivity contribution is 7.15. The molecule has 0 aliphatic heterocycles. The maximum Gasteiger partial charge on any atom is 0.308 e. The van der Waals surface area contributed by atoms with E-state index < -0.39 is 11.9 Å². The van der Waals surface area contributed by atoms with Crippen molar-refractivity contribution >= 4 is 22.4 Å². The fourth-order valence-corrected chi connectivity index (χ4v) is 3.26. The van der Waals surface area contributed by atoms with Crippen LogP contribution in [0.25, 0.3) is 0 Å². The Morgan fingerprint density at radius 3 is 2.41 bits per heavy atom. The average Bonchev–Trinajstić information content (AvgIpc) is 2.83. The normalized spacial score (nSPS) is 13.6. The van der Waals surface area contributed by atoms with Gasteiger partial charge >= 0.3 is 5.97 Å². The molecule has 1 aromatic carbocycles. The van der Waals surface area contributed by atoms with Crippen LogP contribution >= 0.6 is 11.3 Å². The Morgan fingerprint density at radius 1 is 1.27 bits per heavy atom. The van der Waals surface area contributed by atoms with Crippen molar-refractivity contribution in [1.29, 1.82) is 0 Å². The van der Waals surface area contributed by atoms with Crippen LogP contribution in [0.3, 0.4) is 0 Å². The zero-order chi connectivity index (χ0) is 16.3. The second-order valence-electron chi connectivity index (χ2n) is 5.62. The number of thiazole rings is 1. The van der Waals surface area contributed by atoms with Gasteiger partial charge in [0, 0.05) is 11.4 Å². The summed E-state index contributed by atoms with van der Waals surface area (Å²) in [4.78, 5) is 19.1. The SMILES string of the molecule is Cc1nc(N(CC(C)C(=O)O)C(C)c2ccccc2)sc1C. The third kappa shape index (κ3) is 3.65. The number of hydrogen-bond donors (Lipinski definition) is 1. The Hall–Kier alpha value is -1.88. The molecule has 0 radical (unpaired) electrons. The quantitative estimate of drug-likeness (QED) is 0.873. The van der Waals surface area contributed by atoms with Crippen LogP contribution in [0.15, 0.2) is 30.3 Å². The van der Waals surface area contributed by atoms with Crippen molar-refractivity contribution in [3.63, 3.8) is 0 Å². The lowest BCUT2D eigenvalue weighted by molar-refractivity contribution is -0.140. The Kier molecular flexibility index (Phi) is 5.19. The second kappa shape index (κ2) is 6.92. The summed E-state index contributed by atoms with van der Waals surface area (Å²) in [6, 6.07) is 10.2. The van der Waals surface area contributed by atoms with Crippen LogP contribution in [-0.4, -0.2) is 22.6 Å². The third-order valence-corrected chi connectivity index (χ3v) is 5.01. The van der Waals surface area contributed by atoms with Crippen LogP contribution in [-0.2, 0) is 4.79 Å². The molecule has 4 nitrogen and oxygen atoms in total. The Balaban J connectivity index is 2.34. The number of carboxylic acid groups (broad SMARTS) is 1. The van der Waals surface area contributed by atoms with Gasteiger partial charge in [0.25, 0.3) is 0 Å². The van der Waals surface area contributed by atoms with E-state index in [0.717, 1.165) is 16.4 Å². The minimum Gasteiger partial charge on any atom is -0.481 e. The Bertz CT molecular complexity index is 620. The fraction of sp³-hybridized carbons (Fsp3) is 0.412. The van der Waals surface area contributed by atoms with Crippen LogP contribution in [0.1, 0.15) is 36.0 Å². The van der Waals surface area contributed by atoms with Gasteiger partial charge in [-0.25, -0.2) is 4.98 Å². The summed E-state index contributed by atoms with van der Waals surface area (Å²) < 4.78 is 0. The van der Waals surface area contributed by atoms with Gasteiger partial charge in [0.2, 0.25) is 0 Å². The molecule has 0 saturated heterocycles. The van der Waals surface area contributed by atoms with Crippen LogP contribution in [0.4, 0.5) is 5.13 Å². The van der Waals surface area contributed by atoms with Crippen LogP contribution in [0, 0.1) is 19.8 Å². The van der Waals surface area contributed by atoms with E-state index in [2.05, 4.69) is 28.9 Å². The summed E-state index contributed by atoms with van der Waals surface area (Å²) in [5.41, 5.74) is 2.17. The predicted octanol–water partition coefficient (Wildman–Crippen LogP) is 4.05. The number of carbonyl (C=O) groups is 1. The van der Waals surface area contributed by atoms with Crippen molar-refractivity contribution in [3.8, 4) is 0 Å². The van der Waals surface area contributed by atoms with Crippen molar-refractivity contribution < 1.29 is 9.90 Å². The van der Waals surface area contributed by atoms with Crippen molar-refractivity contribution in [2.45, 2.75) is 33.7 Å². The molecule has 2 rings (SSSR count). The van der Waals surface area contributed by atoms with Crippen LogP contribution in [0.2, 0.25) is 0 Å². The molecule has 1 aromatic heterocycles. The molecule has 22 heavy (non-hydrogen) atoms. The average molecular weight is 318 g/mol. The van der Waals surface area contributed by atoms with Gasteiger partial charge in [-0.1, -0.05) is 37.3 Å². The number of anilines is 1. The van der Waals surface area contributed by atoms with Crippen LogP contribution in [0.5, 0.6) is 0 Å². The van der Waals surface area contributed by atoms with Gasteiger partial charge in [-0.05, 0) is 26.3 Å². The summed E-state index contributed by atoms with van der Waals surface area (Å²) in [7, 11) is 0. The Morgan fingerprint density at radius 2 is 1.91 bits per heavy atom. The molecule has 0 spiro atoms. The second-order valence-corrected chi connectivity index (χ2v) is 6.80. The molecular weight excluding hydrogens is 296 g/mol.